The number of aromatic nitrogens is 1. The van der Waals surface area contributed by atoms with E-state index in [-0.39, 0.29) is 0 Å². The van der Waals surface area contributed by atoms with Gasteiger partial charge < -0.3 is 9.64 Å². The highest BCUT2D eigenvalue weighted by atomic mass is 16.5. The fourth-order valence-corrected chi connectivity index (χ4v) is 4.22. The molecule has 0 unspecified atom stereocenters. The van der Waals surface area contributed by atoms with Gasteiger partial charge in [-0.05, 0) is 48.9 Å². The standard InChI is InChI=1S/C22H22N2O/c1-2-7-16(8-3-1)15-24-13-14-25-20-12-6-11-19-21(20)22(24)17-9-4-5-10-18(17)23-19/h1-3,6-8,11-12H,4-5,9-10,13-15H2. The van der Waals surface area contributed by atoms with Crippen molar-refractivity contribution in [2.75, 3.05) is 18.1 Å². The van der Waals surface area contributed by atoms with Gasteiger partial charge in [-0.1, -0.05) is 36.4 Å². The van der Waals surface area contributed by atoms with Crippen molar-refractivity contribution < 1.29 is 4.74 Å². The second-order valence-electron chi connectivity index (χ2n) is 7.00. The predicted molar refractivity (Wildman–Crippen MR) is 101 cm³/mol. The molecule has 3 heteroatoms. The Kier molecular flexibility index (Phi) is 3.58. The van der Waals surface area contributed by atoms with Crippen LogP contribution >= 0.6 is 0 Å². The highest BCUT2D eigenvalue weighted by Crippen LogP contribution is 2.42. The van der Waals surface area contributed by atoms with Crippen molar-refractivity contribution in [2.45, 2.75) is 32.2 Å². The molecule has 0 amide bonds. The highest BCUT2D eigenvalue weighted by molar-refractivity contribution is 5.99. The summed E-state index contributed by atoms with van der Waals surface area (Å²) in [6.07, 6.45) is 4.74. The van der Waals surface area contributed by atoms with E-state index in [9.17, 15) is 0 Å². The molecule has 1 aliphatic carbocycles. The number of ether oxygens (including phenoxy) is 1. The number of rotatable bonds is 2. The lowest BCUT2D eigenvalue weighted by Gasteiger charge is -2.29. The van der Waals surface area contributed by atoms with Crippen LogP contribution in [0.1, 0.15) is 29.7 Å². The summed E-state index contributed by atoms with van der Waals surface area (Å²) in [5.74, 6) is 0.990. The van der Waals surface area contributed by atoms with E-state index in [1.165, 1.54) is 40.7 Å². The molecular formula is C22H22N2O. The predicted octanol–water partition coefficient (Wildman–Crippen LogP) is 4.51. The van der Waals surface area contributed by atoms with E-state index < -0.39 is 0 Å². The summed E-state index contributed by atoms with van der Waals surface area (Å²) in [7, 11) is 0. The molecule has 1 aliphatic heterocycles. The topological polar surface area (TPSA) is 25.4 Å². The minimum Gasteiger partial charge on any atom is -0.491 e. The molecule has 0 saturated heterocycles. The fourth-order valence-electron chi connectivity index (χ4n) is 4.22. The quantitative estimate of drug-likeness (QED) is 0.691. The zero-order valence-corrected chi connectivity index (χ0v) is 14.4. The molecule has 5 rings (SSSR count). The maximum Gasteiger partial charge on any atom is 0.130 e. The maximum absolute atomic E-state index is 6.10. The van der Waals surface area contributed by atoms with Crippen LogP contribution in [0.2, 0.25) is 0 Å². The van der Waals surface area contributed by atoms with Gasteiger partial charge in [0.15, 0.2) is 0 Å². The normalized spacial score (nSPS) is 16.2. The molecule has 0 spiro atoms. The van der Waals surface area contributed by atoms with Crippen molar-refractivity contribution in [3.8, 4) is 5.75 Å². The van der Waals surface area contributed by atoms with Crippen LogP contribution in [-0.4, -0.2) is 18.1 Å². The number of aryl methyl sites for hydroxylation is 1. The third-order valence-electron chi connectivity index (χ3n) is 5.37. The van der Waals surface area contributed by atoms with Crippen LogP contribution in [0.25, 0.3) is 10.9 Å². The van der Waals surface area contributed by atoms with Gasteiger partial charge in [0, 0.05) is 12.2 Å². The van der Waals surface area contributed by atoms with Gasteiger partial charge in [-0.3, -0.25) is 4.98 Å². The van der Waals surface area contributed by atoms with E-state index in [2.05, 4.69) is 53.4 Å². The summed E-state index contributed by atoms with van der Waals surface area (Å²) in [5, 5.41) is 1.21. The van der Waals surface area contributed by atoms with Crippen molar-refractivity contribution >= 4 is 16.6 Å². The van der Waals surface area contributed by atoms with E-state index in [1.807, 2.05) is 0 Å². The second-order valence-corrected chi connectivity index (χ2v) is 7.00. The summed E-state index contributed by atoms with van der Waals surface area (Å²) in [6.45, 7) is 2.55. The first-order valence-electron chi connectivity index (χ1n) is 9.26. The SMILES string of the molecule is c1ccc(CN2CCOc3cccc4nc5c(c2c34)CCCC5)cc1. The van der Waals surface area contributed by atoms with Gasteiger partial charge in [-0.2, -0.15) is 0 Å². The number of anilines is 1. The fraction of sp³-hybridized carbons (Fsp3) is 0.318. The molecule has 2 heterocycles. The van der Waals surface area contributed by atoms with E-state index in [1.54, 1.807) is 0 Å². The number of nitrogens with zero attached hydrogens (tertiary/aromatic N) is 2. The molecule has 0 radical (unpaired) electrons. The molecule has 2 aromatic carbocycles. The van der Waals surface area contributed by atoms with Gasteiger partial charge in [-0.25, -0.2) is 0 Å². The molecule has 3 aromatic rings. The largest absolute Gasteiger partial charge is 0.491 e. The molecule has 0 fully saturated rings. The van der Waals surface area contributed by atoms with Gasteiger partial charge >= 0.3 is 0 Å². The molecule has 0 saturated carbocycles. The van der Waals surface area contributed by atoms with Crippen molar-refractivity contribution in [1.82, 2.24) is 4.98 Å². The molecule has 0 N–H and O–H groups in total. The van der Waals surface area contributed by atoms with Crippen molar-refractivity contribution in [2.24, 2.45) is 0 Å². The van der Waals surface area contributed by atoms with Crippen molar-refractivity contribution in [3.05, 3.63) is 65.4 Å². The van der Waals surface area contributed by atoms with E-state index >= 15 is 0 Å². The maximum atomic E-state index is 6.10. The number of hydrogen-bond donors (Lipinski definition) is 0. The van der Waals surface area contributed by atoms with Gasteiger partial charge in [-0.15, -0.1) is 0 Å². The van der Waals surface area contributed by atoms with Gasteiger partial charge in [0.2, 0.25) is 0 Å². The van der Waals surface area contributed by atoms with Crippen molar-refractivity contribution in [3.63, 3.8) is 0 Å². The van der Waals surface area contributed by atoms with Crippen LogP contribution in [0.5, 0.6) is 5.75 Å². The average Bonchev–Trinajstić information content (AvgIpc) is 2.84. The Labute approximate surface area is 148 Å². The first-order valence-corrected chi connectivity index (χ1v) is 9.26. The third kappa shape index (κ3) is 2.55. The Morgan fingerprint density at radius 2 is 1.84 bits per heavy atom. The Morgan fingerprint density at radius 3 is 2.76 bits per heavy atom. The molecule has 0 atom stereocenters. The van der Waals surface area contributed by atoms with E-state index in [4.69, 9.17) is 9.72 Å². The van der Waals surface area contributed by atoms with Crippen LogP contribution in [0.15, 0.2) is 48.5 Å². The Morgan fingerprint density at radius 1 is 0.960 bits per heavy atom. The van der Waals surface area contributed by atoms with Crippen LogP contribution < -0.4 is 9.64 Å². The first kappa shape index (κ1) is 14.8. The molecule has 0 bridgehead atoms. The average molecular weight is 330 g/mol. The first-order chi connectivity index (χ1) is 12.4. The number of pyridine rings is 1. The zero-order chi connectivity index (χ0) is 16.6. The summed E-state index contributed by atoms with van der Waals surface area (Å²) < 4.78 is 6.10. The molecule has 1 aromatic heterocycles. The molecule has 25 heavy (non-hydrogen) atoms. The minimum absolute atomic E-state index is 0.718. The third-order valence-corrected chi connectivity index (χ3v) is 5.37. The lowest BCUT2D eigenvalue weighted by molar-refractivity contribution is 0.331. The number of fused-ring (bicyclic) bond motifs is 2. The van der Waals surface area contributed by atoms with Crippen LogP contribution in [0, 0.1) is 0 Å². The summed E-state index contributed by atoms with van der Waals surface area (Å²) in [6, 6.07) is 17.0. The highest BCUT2D eigenvalue weighted by Gasteiger charge is 2.26. The lowest BCUT2D eigenvalue weighted by Crippen LogP contribution is -2.28. The molecule has 126 valence electrons. The monoisotopic (exact) mass is 330 g/mol. The van der Waals surface area contributed by atoms with Gasteiger partial charge in [0.05, 0.1) is 23.1 Å². The number of benzene rings is 2. The van der Waals surface area contributed by atoms with Crippen LogP contribution in [0.3, 0.4) is 0 Å². The van der Waals surface area contributed by atoms with Crippen LogP contribution in [-0.2, 0) is 19.4 Å². The Balaban J connectivity index is 1.72. The summed E-state index contributed by atoms with van der Waals surface area (Å²) in [4.78, 5) is 7.51. The Hall–Kier alpha value is -2.55. The summed E-state index contributed by atoms with van der Waals surface area (Å²) >= 11 is 0. The minimum atomic E-state index is 0.718. The number of hydrogen-bond acceptors (Lipinski definition) is 3. The van der Waals surface area contributed by atoms with Gasteiger partial charge in [0.1, 0.15) is 12.4 Å². The van der Waals surface area contributed by atoms with Gasteiger partial charge in [0.25, 0.3) is 0 Å². The van der Waals surface area contributed by atoms with E-state index in [0.29, 0.717) is 0 Å². The zero-order valence-electron chi connectivity index (χ0n) is 14.4. The smallest absolute Gasteiger partial charge is 0.130 e. The molecule has 2 aliphatic rings. The molecular weight excluding hydrogens is 308 g/mol. The second kappa shape index (κ2) is 6.07. The molecule has 3 nitrogen and oxygen atoms in total. The Bertz CT molecular complexity index is 920. The van der Waals surface area contributed by atoms with E-state index in [0.717, 1.165) is 43.8 Å². The van der Waals surface area contributed by atoms with Crippen molar-refractivity contribution in [1.29, 1.82) is 0 Å². The lowest BCUT2D eigenvalue weighted by atomic mass is 9.92. The van der Waals surface area contributed by atoms with Crippen LogP contribution in [0.4, 0.5) is 5.69 Å². The summed E-state index contributed by atoms with van der Waals surface area (Å²) in [5.41, 5.74) is 6.54.